The Kier molecular flexibility index (Phi) is 6.81. The van der Waals surface area contributed by atoms with Crippen molar-refractivity contribution < 1.29 is 9.59 Å². The van der Waals surface area contributed by atoms with E-state index in [9.17, 15) is 9.59 Å². The molecule has 1 N–H and O–H groups in total. The molecule has 154 valence electrons. The quantitative estimate of drug-likeness (QED) is 0.544. The molecule has 30 heavy (non-hydrogen) atoms. The van der Waals surface area contributed by atoms with E-state index < -0.39 is 0 Å². The van der Waals surface area contributed by atoms with E-state index in [-0.39, 0.29) is 11.8 Å². The number of nitrogens with one attached hydrogen (secondary N) is 1. The van der Waals surface area contributed by atoms with Gasteiger partial charge in [-0.3, -0.25) is 14.9 Å². The van der Waals surface area contributed by atoms with Crippen LogP contribution in [0.2, 0.25) is 0 Å². The van der Waals surface area contributed by atoms with Gasteiger partial charge in [0.1, 0.15) is 0 Å². The van der Waals surface area contributed by atoms with Crippen LogP contribution in [0.4, 0.5) is 5.13 Å². The number of thioether (sulfide) groups is 1. The molecule has 2 heterocycles. The van der Waals surface area contributed by atoms with Crippen LogP contribution in [0, 0.1) is 0 Å². The Morgan fingerprint density at radius 1 is 1.03 bits per heavy atom. The zero-order valence-corrected chi connectivity index (χ0v) is 18.2. The van der Waals surface area contributed by atoms with Crippen LogP contribution < -0.4 is 5.32 Å². The van der Waals surface area contributed by atoms with Gasteiger partial charge < -0.3 is 4.90 Å². The topological polar surface area (TPSA) is 62.3 Å². The largest absolute Gasteiger partial charge is 0.342 e. The molecule has 4 rings (SSSR count). The lowest BCUT2D eigenvalue weighted by Crippen LogP contribution is -2.29. The fourth-order valence-electron chi connectivity index (χ4n) is 3.39. The third-order valence-corrected chi connectivity index (χ3v) is 6.91. The number of amides is 2. The first-order valence-electron chi connectivity index (χ1n) is 9.98. The molecule has 0 atom stereocenters. The Morgan fingerprint density at radius 2 is 1.77 bits per heavy atom. The lowest BCUT2D eigenvalue weighted by Gasteiger charge is -2.15. The van der Waals surface area contributed by atoms with Gasteiger partial charge >= 0.3 is 0 Å². The van der Waals surface area contributed by atoms with Gasteiger partial charge in [0.15, 0.2) is 5.13 Å². The van der Waals surface area contributed by atoms with Gasteiger partial charge in [-0.15, -0.1) is 23.1 Å². The molecule has 0 saturated carbocycles. The number of anilines is 1. The maximum Gasteiger partial charge on any atom is 0.258 e. The highest BCUT2D eigenvalue weighted by atomic mass is 32.2. The molecular weight excluding hydrogens is 414 g/mol. The molecule has 0 spiro atoms. The molecule has 1 aromatic heterocycles. The highest BCUT2D eigenvalue weighted by Crippen LogP contribution is 2.26. The van der Waals surface area contributed by atoms with Crippen LogP contribution in [0.5, 0.6) is 0 Å². The lowest BCUT2D eigenvalue weighted by atomic mass is 10.1. The number of likely N-dealkylation sites (tertiary alicyclic amines) is 1. The zero-order chi connectivity index (χ0) is 20.8. The van der Waals surface area contributed by atoms with Crippen molar-refractivity contribution in [2.24, 2.45) is 0 Å². The monoisotopic (exact) mass is 437 g/mol. The minimum atomic E-state index is -0.202. The summed E-state index contributed by atoms with van der Waals surface area (Å²) in [5, 5.41) is 3.49. The van der Waals surface area contributed by atoms with E-state index in [1.807, 2.05) is 47.5 Å². The molecular formula is C23H23N3O2S2. The first-order valence-corrected chi connectivity index (χ1v) is 11.8. The van der Waals surface area contributed by atoms with Crippen molar-refractivity contribution in [3.63, 3.8) is 0 Å². The second-order valence-electron chi connectivity index (χ2n) is 7.12. The van der Waals surface area contributed by atoms with Gasteiger partial charge in [0.25, 0.3) is 5.91 Å². The molecule has 0 bridgehead atoms. The second-order valence-corrected chi connectivity index (χ2v) is 9.25. The van der Waals surface area contributed by atoms with E-state index in [2.05, 4.69) is 22.4 Å². The Balaban J connectivity index is 1.38. The van der Waals surface area contributed by atoms with E-state index in [4.69, 9.17) is 0 Å². The highest BCUT2D eigenvalue weighted by Gasteiger charge is 2.19. The third-order valence-electron chi connectivity index (χ3n) is 4.94. The number of carbonyl (C=O) groups excluding carboxylic acids is 2. The van der Waals surface area contributed by atoms with Crippen molar-refractivity contribution in [1.82, 2.24) is 9.88 Å². The second kappa shape index (κ2) is 9.91. The Bertz CT molecular complexity index is 1010. The Morgan fingerprint density at radius 3 is 2.57 bits per heavy atom. The Hall–Kier alpha value is -2.64. The van der Waals surface area contributed by atoms with E-state index in [0.717, 1.165) is 42.1 Å². The smallest absolute Gasteiger partial charge is 0.258 e. The zero-order valence-electron chi connectivity index (χ0n) is 16.5. The fraction of sp³-hybridized carbons (Fsp3) is 0.261. The van der Waals surface area contributed by atoms with Crippen LogP contribution in [0.15, 0.2) is 65.7 Å². The van der Waals surface area contributed by atoms with Gasteiger partial charge in [0.05, 0.1) is 11.3 Å². The summed E-state index contributed by atoms with van der Waals surface area (Å²) in [5.41, 5.74) is 1.78. The van der Waals surface area contributed by atoms with Gasteiger partial charge in [-0.2, -0.15) is 0 Å². The van der Waals surface area contributed by atoms with E-state index in [1.165, 1.54) is 28.7 Å². The summed E-state index contributed by atoms with van der Waals surface area (Å²) in [4.78, 5) is 33.3. The number of carbonyl (C=O) groups is 2. The van der Waals surface area contributed by atoms with Crippen LogP contribution in [0.1, 0.15) is 33.6 Å². The number of benzene rings is 2. The molecule has 1 aliphatic heterocycles. The summed E-state index contributed by atoms with van der Waals surface area (Å²) in [7, 11) is 0. The number of thiazole rings is 1. The van der Waals surface area contributed by atoms with Gasteiger partial charge in [0.2, 0.25) is 5.91 Å². The van der Waals surface area contributed by atoms with Crippen LogP contribution >= 0.6 is 23.1 Å². The minimum absolute atomic E-state index is 0.137. The fourth-order valence-corrected chi connectivity index (χ4v) is 5.18. The van der Waals surface area contributed by atoms with Gasteiger partial charge in [0, 0.05) is 35.5 Å². The van der Waals surface area contributed by atoms with Crippen LogP contribution in [-0.2, 0) is 11.2 Å². The SMILES string of the molecule is O=C(Nc1ncc(Cc2ccccc2)s1)c1ccccc1SCC(=O)N1CCCC1. The van der Waals surface area contributed by atoms with Crippen LogP contribution in [0.25, 0.3) is 0 Å². The van der Waals surface area contributed by atoms with Crippen molar-refractivity contribution >= 4 is 40.0 Å². The molecule has 2 amide bonds. The molecule has 0 aliphatic carbocycles. The minimum Gasteiger partial charge on any atom is -0.342 e. The summed E-state index contributed by atoms with van der Waals surface area (Å²) in [6.07, 6.45) is 4.76. The average molecular weight is 438 g/mol. The van der Waals surface area contributed by atoms with Crippen molar-refractivity contribution in [3.05, 3.63) is 76.8 Å². The molecule has 1 fully saturated rings. The third kappa shape index (κ3) is 5.29. The molecule has 1 saturated heterocycles. The molecule has 0 radical (unpaired) electrons. The maximum atomic E-state index is 12.9. The first kappa shape index (κ1) is 20.6. The van der Waals surface area contributed by atoms with E-state index in [0.29, 0.717) is 16.4 Å². The summed E-state index contributed by atoms with van der Waals surface area (Å²) in [6, 6.07) is 17.6. The molecule has 1 aliphatic rings. The molecule has 2 aromatic carbocycles. The maximum absolute atomic E-state index is 12.9. The van der Waals surface area contributed by atoms with E-state index >= 15 is 0 Å². The molecule has 5 nitrogen and oxygen atoms in total. The van der Waals surface area contributed by atoms with Crippen LogP contribution in [0.3, 0.4) is 0 Å². The normalized spacial score (nSPS) is 13.4. The van der Waals surface area contributed by atoms with Crippen molar-refractivity contribution in [2.75, 3.05) is 24.2 Å². The standard InChI is InChI=1S/C23H23N3O2S2/c27-21(26-12-6-7-13-26)16-29-20-11-5-4-10-19(20)22(28)25-23-24-15-18(30-23)14-17-8-2-1-3-9-17/h1-5,8-11,15H,6-7,12-14,16H2,(H,24,25,28). The highest BCUT2D eigenvalue weighted by molar-refractivity contribution is 8.00. The number of nitrogens with zero attached hydrogens (tertiary/aromatic N) is 2. The first-order chi connectivity index (χ1) is 14.7. The van der Waals surface area contributed by atoms with Crippen molar-refractivity contribution in [2.45, 2.75) is 24.2 Å². The summed E-state index contributed by atoms with van der Waals surface area (Å²) in [6.45, 7) is 1.69. The predicted octanol–water partition coefficient (Wildman–Crippen LogP) is 4.70. The molecule has 0 unspecified atom stereocenters. The lowest BCUT2D eigenvalue weighted by molar-refractivity contribution is -0.127. The number of aromatic nitrogens is 1. The summed E-state index contributed by atoms with van der Waals surface area (Å²) < 4.78 is 0. The predicted molar refractivity (Wildman–Crippen MR) is 122 cm³/mol. The van der Waals surface area contributed by atoms with E-state index in [1.54, 1.807) is 6.07 Å². The van der Waals surface area contributed by atoms with Crippen molar-refractivity contribution in [3.8, 4) is 0 Å². The molecule has 3 aromatic rings. The average Bonchev–Trinajstić information content (AvgIpc) is 3.45. The summed E-state index contributed by atoms with van der Waals surface area (Å²) >= 11 is 2.90. The Labute approximate surface area is 184 Å². The van der Waals surface area contributed by atoms with Crippen LogP contribution in [-0.4, -0.2) is 40.5 Å². The van der Waals surface area contributed by atoms with Gasteiger partial charge in [-0.1, -0.05) is 42.5 Å². The summed E-state index contributed by atoms with van der Waals surface area (Å²) in [5.74, 6) is 0.286. The number of hydrogen-bond donors (Lipinski definition) is 1. The van der Waals surface area contributed by atoms with Crippen molar-refractivity contribution in [1.29, 1.82) is 0 Å². The van der Waals surface area contributed by atoms with Gasteiger partial charge in [-0.05, 0) is 30.5 Å². The van der Waals surface area contributed by atoms with Gasteiger partial charge in [-0.25, -0.2) is 4.98 Å². The number of hydrogen-bond acceptors (Lipinski definition) is 5. The molecule has 7 heteroatoms. The number of rotatable bonds is 7.